The molecule has 6 heteroatoms. The van der Waals surface area contributed by atoms with Crippen molar-refractivity contribution in [2.45, 2.75) is 12.2 Å². The molecule has 1 atom stereocenters. The Labute approximate surface area is 106 Å². The van der Waals surface area contributed by atoms with Crippen LogP contribution in [-0.2, 0) is 4.79 Å². The number of thioether (sulfide) groups is 2. The molecule has 0 radical (unpaired) electrons. The van der Waals surface area contributed by atoms with Crippen LogP contribution in [0.2, 0.25) is 0 Å². The molecule has 0 aromatic carbocycles. The first kappa shape index (κ1) is 15.4. The molecule has 0 spiro atoms. The van der Waals surface area contributed by atoms with Gasteiger partial charge in [-0.2, -0.15) is 11.8 Å². The third kappa shape index (κ3) is 6.56. The van der Waals surface area contributed by atoms with Crippen molar-refractivity contribution in [2.75, 3.05) is 36.9 Å². The van der Waals surface area contributed by atoms with Gasteiger partial charge < -0.3 is 10.6 Å². The molecule has 0 bridgehead atoms. The molecule has 1 fully saturated rings. The maximum atomic E-state index is 11.6. The van der Waals surface area contributed by atoms with Crippen LogP contribution in [0.1, 0.15) is 6.92 Å². The summed E-state index contributed by atoms with van der Waals surface area (Å²) in [6.07, 6.45) is 0. The van der Waals surface area contributed by atoms with Crippen LogP contribution in [-0.4, -0.2) is 48.0 Å². The highest BCUT2D eigenvalue weighted by atomic mass is 35.5. The van der Waals surface area contributed by atoms with E-state index in [1.54, 1.807) is 11.8 Å². The molecule has 1 saturated heterocycles. The first-order valence-electron chi connectivity index (χ1n) is 5.02. The third-order valence-electron chi connectivity index (χ3n) is 1.96. The van der Waals surface area contributed by atoms with E-state index in [0.717, 1.165) is 31.1 Å². The van der Waals surface area contributed by atoms with Gasteiger partial charge in [0.2, 0.25) is 5.91 Å². The van der Waals surface area contributed by atoms with Crippen LogP contribution < -0.4 is 10.6 Å². The zero-order chi connectivity index (χ0) is 10.2. The SMILES string of the molecule is CCNCCNC(=O)C1CSCCS1.Cl. The maximum Gasteiger partial charge on any atom is 0.234 e. The minimum Gasteiger partial charge on any atom is -0.354 e. The number of carbonyl (C=O) groups is 1. The topological polar surface area (TPSA) is 41.1 Å². The molecular weight excluding hydrogens is 252 g/mol. The molecule has 0 saturated carbocycles. The highest BCUT2D eigenvalue weighted by Gasteiger charge is 2.21. The van der Waals surface area contributed by atoms with Crippen molar-refractivity contribution in [1.82, 2.24) is 10.6 Å². The van der Waals surface area contributed by atoms with E-state index >= 15 is 0 Å². The van der Waals surface area contributed by atoms with Crippen molar-refractivity contribution in [3.63, 3.8) is 0 Å². The summed E-state index contributed by atoms with van der Waals surface area (Å²) in [6, 6.07) is 0. The molecule has 90 valence electrons. The molecule has 15 heavy (non-hydrogen) atoms. The average molecular weight is 271 g/mol. The van der Waals surface area contributed by atoms with Crippen LogP contribution in [0.3, 0.4) is 0 Å². The number of amides is 1. The lowest BCUT2D eigenvalue weighted by Gasteiger charge is -2.20. The molecule has 0 aromatic heterocycles. The Morgan fingerprint density at radius 1 is 1.40 bits per heavy atom. The normalized spacial score (nSPS) is 20.5. The van der Waals surface area contributed by atoms with Crippen molar-refractivity contribution in [2.24, 2.45) is 0 Å². The largest absolute Gasteiger partial charge is 0.354 e. The zero-order valence-electron chi connectivity index (χ0n) is 8.95. The third-order valence-corrected chi connectivity index (χ3v) is 4.71. The second-order valence-electron chi connectivity index (χ2n) is 3.08. The van der Waals surface area contributed by atoms with Gasteiger partial charge in [0.1, 0.15) is 0 Å². The number of hydrogen-bond acceptors (Lipinski definition) is 4. The van der Waals surface area contributed by atoms with Crippen LogP contribution in [0.15, 0.2) is 0 Å². The lowest BCUT2D eigenvalue weighted by molar-refractivity contribution is -0.120. The first-order valence-corrected chi connectivity index (χ1v) is 7.22. The van der Waals surface area contributed by atoms with Crippen molar-refractivity contribution in [3.8, 4) is 0 Å². The summed E-state index contributed by atoms with van der Waals surface area (Å²) in [5.41, 5.74) is 0. The summed E-state index contributed by atoms with van der Waals surface area (Å²) in [4.78, 5) is 11.6. The fourth-order valence-corrected chi connectivity index (χ4v) is 3.79. The van der Waals surface area contributed by atoms with E-state index in [9.17, 15) is 4.79 Å². The van der Waals surface area contributed by atoms with Crippen LogP contribution >= 0.6 is 35.9 Å². The molecule has 2 N–H and O–H groups in total. The Balaban J connectivity index is 0.00000196. The van der Waals surface area contributed by atoms with E-state index in [4.69, 9.17) is 0 Å². The van der Waals surface area contributed by atoms with Gasteiger partial charge in [-0.15, -0.1) is 24.2 Å². The van der Waals surface area contributed by atoms with E-state index in [1.807, 2.05) is 11.8 Å². The standard InChI is InChI=1S/C9H18N2OS2.ClH/c1-2-10-3-4-11-9(12)8-7-13-5-6-14-8;/h8,10H,2-7H2,1H3,(H,11,12);1H. The van der Waals surface area contributed by atoms with Gasteiger partial charge in [0, 0.05) is 30.3 Å². The van der Waals surface area contributed by atoms with Gasteiger partial charge in [-0.1, -0.05) is 6.92 Å². The molecule has 0 aliphatic carbocycles. The fraction of sp³-hybridized carbons (Fsp3) is 0.889. The highest BCUT2D eigenvalue weighted by molar-refractivity contribution is 8.07. The van der Waals surface area contributed by atoms with E-state index in [1.165, 1.54) is 5.75 Å². The molecule has 1 heterocycles. The molecule has 1 aliphatic heterocycles. The second kappa shape index (κ2) is 9.63. The number of hydrogen-bond donors (Lipinski definition) is 2. The second-order valence-corrected chi connectivity index (χ2v) is 5.54. The van der Waals surface area contributed by atoms with Crippen LogP contribution in [0.25, 0.3) is 0 Å². The van der Waals surface area contributed by atoms with Crippen molar-refractivity contribution in [3.05, 3.63) is 0 Å². The van der Waals surface area contributed by atoms with Gasteiger partial charge in [0.05, 0.1) is 5.25 Å². The Morgan fingerprint density at radius 2 is 2.20 bits per heavy atom. The van der Waals surface area contributed by atoms with Gasteiger partial charge in [-0.25, -0.2) is 0 Å². The van der Waals surface area contributed by atoms with Gasteiger partial charge in [-0.05, 0) is 6.54 Å². The molecule has 1 rings (SSSR count). The summed E-state index contributed by atoms with van der Waals surface area (Å²) in [6.45, 7) is 4.64. The molecule has 0 aromatic rings. The maximum absolute atomic E-state index is 11.6. The zero-order valence-corrected chi connectivity index (χ0v) is 11.4. The van der Waals surface area contributed by atoms with E-state index in [-0.39, 0.29) is 23.6 Å². The predicted molar refractivity (Wildman–Crippen MR) is 72.4 cm³/mol. The van der Waals surface area contributed by atoms with E-state index < -0.39 is 0 Å². The number of nitrogens with one attached hydrogen (secondary N) is 2. The molecule has 3 nitrogen and oxygen atoms in total. The first-order chi connectivity index (χ1) is 6.84. The lowest BCUT2D eigenvalue weighted by atomic mass is 10.4. The minimum absolute atomic E-state index is 0. The predicted octanol–water partition coefficient (Wildman–Crippen LogP) is 0.983. The summed E-state index contributed by atoms with van der Waals surface area (Å²) in [5.74, 6) is 3.47. The summed E-state index contributed by atoms with van der Waals surface area (Å²) in [7, 11) is 0. The molecule has 1 amide bonds. The van der Waals surface area contributed by atoms with E-state index in [2.05, 4.69) is 17.6 Å². The lowest BCUT2D eigenvalue weighted by Crippen LogP contribution is -2.39. The quantitative estimate of drug-likeness (QED) is 0.731. The summed E-state index contributed by atoms with van der Waals surface area (Å²) < 4.78 is 0. The van der Waals surface area contributed by atoms with E-state index in [0.29, 0.717) is 0 Å². The van der Waals surface area contributed by atoms with Crippen molar-refractivity contribution in [1.29, 1.82) is 0 Å². The Morgan fingerprint density at radius 3 is 2.80 bits per heavy atom. The fourth-order valence-electron chi connectivity index (χ4n) is 1.20. The summed E-state index contributed by atoms with van der Waals surface area (Å²) >= 11 is 3.66. The highest BCUT2D eigenvalue weighted by Crippen LogP contribution is 2.23. The van der Waals surface area contributed by atoms with Crippen molar-refractivity contribution < 1.29 is 4.79 Å². The Kier molecular flexibility index (Phi) is 9.90. The number of halogens is 1. The Hall–Kier alpha value is 0.420. The van der Waals surface area contributed by atoms with Gasteiger partial charge in [0.25, 0.3) is 0 Å². The smallest absolute Gasteiger partial charge is 0.234 e. The molecule has 1 aliphatic rings. The monoisotopic (exact) mass is 270 g/mol. The van der Waals surface area contributed by atoms with Gasteiger partial charge in [-0.3, -0.25) is 4.79 Å². The van der Waals surface area contributed by atoms with Crippen molar-refractivity contribution >= 4 is 41.8 Å². The molecule has 1 unspecified atom stereocenters. The molecular formula is C9H19ClN2OS2. The average Bonchev–Trinajstić information content (AvgIpc) is 2.25. The summed E-state index contributed by atoms with van der Waals surface area (Å²) in [5, 5.41) is 6.31. The van der Waals surface area contributed by atoms with Crippen LogP contribution in [0.4, 0.5) is 0 Å². The van der Waals surface area contributed by atoms with Crippen LogP contribution in [0, 0.1) is 0 Å². The number of rotatable bonds is 5. The minimum atomic E-state index is 0. The van der Waals surface area contributed by atoms with Gasteiger partial charge >= 0.3 is 0 Å². The number of carbonyl (C=O) groups excluding carboxylic acids is 1. The Bertz CT molecular complexity index is 177. The number of likely N-dealkylation sites (N-methyl/N-ethyl adjacent to an activating group) is 1. The van der Waals surface area contributed by atoms with Crippen LogP contribution in [0.5, 0.6) is 0 Å². The van der Waals surface area contributed by atoms with Gasteiger partial charge in [0.15, 0.2) is 0 Å².